The van der Waals surface area contributed by atoms with Gasteiger partial charge in [-0.1, -0.05) is 6.07 Å². The zero-order chi connectivity index (χ0) is 17.7. The summed E-state index contributed by atoms with van der Waals surface area (Å²) in [5.41, 5.74) is 1.97. The third-order valence-corrected chi connectivity index (χ3v) is 5.76. The van der Waals surface area contributed by atoms with Gasteiger partial charge < -0.3 is 10.4 Å². The minimum Gasteiger partial charge on any atom is -0.481 e. The topological polar surface area (TPSA) is 104 Å². The molecule has 0 atom stereocenters. The van der Waals surface area contributed by atoms with Crippen molar-refractivity contribution in [2.45, 2.75) is 39.0 Å². The molecule has 0 radical (unpaired) electrons. The smallest absolute Gasteiger partial charge is 0.303 e. The van der Waals surface area contributed by atoms with E-state index in [1.165, 1.54) is 4.31 Å². The van der Waals surface area contributed by atoms with Crippen LogP contribution in [0.15, 0.2) is 18.2 Å². The highest BCUT2D eigenvalue weighted by molar-refractivity contribution is 7.93. The molecule has 0 bridgehead atoms. The van der Waals surface area contributed by atoms with Crippen LogP contribution in [0.5, 0.6) is 0 Å². The number of sulfonamides is 1. The number of hydrogen-bond acceptors (Lipinski definition) is 4. The Balaban J connectivity index is 2.01. The number of hydrogen-bond donors (Lipinski definition) is 2. The Morgan fingerprint density at radius 3 is 2.58 bits per heavy atom. The van der Waals surface area contributed by atoms with Crippen molar-refractivity contribution >= 4 is 33.3 Å². The van der Waals surface area contributed by atoms with Crippen molar-refractivity contribution in [2.24, 2.45) is 0 Å². The lowest BCUT2D eigenvalue weighted by Gasteiger charge is -2.20. The van der Waals surface area contributed by atoms with Crippen molar-refractivity contribution in [3.63, 3.8) is 0 Å². The standard InChI is InChI=1S/C16H22N2O5S/c1-12-7-8-13(17-15(19)5-2-3-6-16(20)21)11-14(12)18-9-4-10-24(18,22)23/h7-8,11H,2-6,9-10H2,1H3,(H,17,19)(H,20,21). The minimum absolute atomic E-state index is 0.0504. The summed E-state index contributed by atoms with van der Waals surface area (Å²) in [5, 5.41) is 11.3. The van der Waals surface area contributed by atoms with Crippen LogP contribution in [0, 0.1) is 6.92 Å². The van der Waals surface area contributed by atoms with Gasteiger partial charge in [0, 0.05) is 25.1 Å². The van der Waals surface area contributed by atoms with E-state index in [2.05, 4.69) is 5.32 Å². The highest BCUT2D eigenvalue weighted by Gasteiger charge is 2.29. The number of nitrogens with one attached hydrogen (secondary N) is 1. The predicted molar refractivity (Wildman–Crippen MR) is 91.7 cm³/mol. The number of amides is 1. The van der Waals surface area contributed by atoms with Gasteiger partial charge in [-0.3, -0.25) is 13.9 Å². The van der Waals surface area contributed by atoms with Gasteiger partial charge in [-0.25, -0.2) is 8.42 Å². The summed E-state index contributed by atoms with van der Waals surface area (Å²) >= 11 is 0. The van der Waals surface area contributed by atoms with E-state index in [0.717, 1.165) is 5.56 Å². The number of anilines is 2. The fraction of sp³-hybridized carbons (Fsp3) is 0.500. The minimum atomic E-state index is -3.27. The molecule has 0 aliphatic carbocycles. The van der Waals surface area contributed by atoms with Crippen molar-refractivity contribution < 1.29 is 23.1 Å². The number of aliphatic carboxylic acids is 1. The number of carbonyl (C=O) groups excluding carboxylic acids is 1. The van der Waals surface area contributed by atoms with Crippen molar-refractivity contribution in [3.05, 3.63) is 23.8 Å². The molecule has 2 N–H and O–H groups in total. The first-order valence-corrected chi connectivity index (χ1v) is 9.53. The third-order valence-electron chi connectivity index (χ3n) is 3.91. The van der Waals surface area contributed by atoms with Crippen LogP contribution in [-0.4, -0.2) is 37.7 Å². The van der Waals surface area contributed by atoms with Crippen molar-refractivity contribution in [3.8, 4) is 0 Å². The molecule has 1 aromatic rings. The average Bonchev–Trinajstić information content (AvgIpc) is 2.85. The number of unbranched alkanes of at least 4 members (excludes halogenated alkanes) is 1. The van der Waals surface area contributed by atoms with Crippen molar-refractivity contribution in [2.75, 3.05) is 21.9 Å². The van der Waals surface area contributed by atoms with E-state index in [9.17, 15) is 18.0 Å². The molecule has 132 valence electrons. The summed E-state index contributed by atoms with van der Waals surface area (Å²) in [6, 6.07) is 5.19. The summed E-state index contributed by atoms with van der Waals surface area (Å²) in [5.74, 6) is -0.933. The number of carboxylic acid groups (broad SMARTS) is 1. The lowest BCUT2D eigenvalue weighted by atomic mass is 10.1. The summed E-state index contributed by atoms with van der Waals surface area (Å²) in [4.78, 5) is 22.3. The first-order valence-electron chi connectivity index (χ1n) is 7.92. The average molecular weight is 354 g/mol. The van der Waals surface area contributed by atoms with E-state index in [1.807, 2.05) is 6.92 Å². The van der Waals surface area contributed by atoms with E-state index in [-0.39, 0.29) is 24.5 Å². The van der Waals surface area contributed by atoms with Gasteiger partial charge >= 0.3 is 5.97 Å². The molecule has 0 aromatic heterocycles. The van der Waals surface area contributed by atoms with Gasteiger partial charge in [-0.05, 0) is 43.9 Å². The molecule has 0 saturated carbocycles. The Kier molecular flexibility index (Phi) is 5.82. The van der Waals surface area contributed by atoms with Gasteiger partial charge in [0.1, 0.15) is 0 Å². The van der Waals surface area contributed by atoms with Gasteiger partial charge in [0.15, 0.2) is 0 Å². The number of carboxylic acids is 1. The van der Waals surface area contributed by atoms with Gasteiger partial charge in [0.2, 0.25) is 15.9 Å². The Morgan fingerprint density at radius 2 is 1.96 bits per heavy atom. The Hall–Kier alpha value is -2.09. The zero-order valence-corrected chi connectivity index (χ0v) is 14.4. The Bertz CT molecular complexity index is 730. The lowest BCUT2D eigenvalue weighted by Crippen LogP contribution is -2.26. The molecule has 8 heteroatoms. The molecule has 1 fully saturated rings. The number of aryl methyl sites for hydroxylation is 1. The molecule has 7 nitrogen and oxygen atoms in total. The fourth-order valence-electron chi connectivity index (χ4n) is 2.65. The van der Waals surface area contributed by atoms with Crippen molar-refractivity contribution in [1.29, 1.82) is 0 Å². The van der Waals surface area contributed by atoms with Crippen LogP contribution in [0.3, 0.4) is 0 Å². The molecule has 0 spiro atoms. The van der Waals surface area contributed by atoms with Crippen LogP contribution in [0.4, 0.5) is 11.4 Å². The normalized spacial score (nSPS) is 16.1. The Morgan fingerprint density at radius 1 is 1.25 bits per heavy atom. The van der Waals surface area contributed by atoms with Crippen LogP contribution in [0.2, 0.25) is 0 Å². The Labute approximate surface area is 141 Å². The maximum atomic E-state index is 12.1. The highest BCUT2D eigenvalue weighted by Crippen LogP contribution is 2.30. The molecule has 1 saturated heterocycles. The molecule has 1 aromatic carbocycles. The van der Waals surface area contributed by atoms with Crippen LogP contribution >= 0.6 is 0 Å². The first-order chi connectivity index (χ1) is 11.3. The molecule has 2 rings (SSSR count). The molecule has 1 amide bonds. The predicted octanol–water partition coefficient (Wildman–Crippen LogP) is 2.12. The molecule has 1 aliphatic heterocycles. The highest BCUT2D eigenvalue weighted by atomic mass is 32.2. The molecule has 0 unspecified atom stereocenters. The van der Waals surface area contributed by atoms with E-state index in [1.54, 1.807) is 18.2 Å². The van der Waals surface area contributed by atoms with Gasteiger partial charge in [-0.15, -0.1) is 0 Å². The molecule has 24 heavy (non-hydrogen) atoms. The van der Waals surface area contributed by atoms with Crippen LogP contribution in [0.25, 0.3) is 0 Å². The summed E-state index contributed by atoms with van der Waals surface area (Å²) in [6.07, 6.45) is 1.83. The fourth-order valence-corrected chi connectivity index (χ4v) is 4.27. The lowest BCUT2D eigenvalue weighted by molar-refractivity contribution is -0.137. The number of carbonyl (C=O) groups is 2. The summed E-state index contributed by atoms with van der Waals surface area (Å²) < 4.78 is 25.5. The number of nitrogens with zero attached hydrogens (tertiary/aromatic N) is 1. The van der Waals surface area contributed by atoms with Gasteiger partial charge in [0.25, 0.3) is 0 Å². The van der Waals surface area contributed by atoms with Crippen molar-refractivity contribution in [1.82, 2.24) is 0 Å². The summed E-state index contributed by atoms with van der Waals surface area (Å²) in [7, 11) is -3.27. The van der Waals surface area contributed by atoms with E-state index >= 15 is 0 Å². The monoisotopic (exact) mass is 354 g/mol. The van der Waals surface area contributed by atoms with E-state index in [0.29, 0.717) is 37.2 Å². The quantitative estimate of drug-likeness (QED) is 0.730. The number of benzene rings is 1. The second-order valence-corrected chi connectivity index (χ2v) is 7.90. The second-order valence-electron chi connectivity index (χ2n) is 5.89. The van der Waals surface area contributed by atoms with Crippen LogP contribution in [-0.2, 0) is 19.6 Å². The summed E-state index contributed by atoms with van der Waals surface area (Å²) in [6.45, 7) is 2.29. The van der Waals surface area contributed by atoms with E-state index < -0.39 is 16.0 Å². The molecule has 1 heterocycles. The first kappa shape index (κ1) is 18.3. The third kappa shape index (κ3) is 4.70. The molecular formula is C16H22N2O5S. The van der Waals surface area contributed by atoms with Crippen LogP contribution < -0.4 is 9.62 Å². The molecule has 1 aliphatic rings. The maximum Gasteiger partial charge on any atom is 0.303 e. The van der Waals surface area contributed by atoms with E-state index in [4.69, 9.17) is 5.11 Å². The van der Waals surface area contributed by atoms with Crippen LogP contribution in [0.1, 0.15) is 37.7 Å². The number of rotatable bonds is 7. The molecular weight excluding hydrogens is 332 g/mol. The van der Waals surface area contributed by atoms with Gasteiger partial charge in [-0.2, -0.15) is 0 Å². The largest absolute Gasteiger partial charge is 0.481 e. The zero-order valence-electron chi connectivity index (χ0n) is 13.6. The maximum absolute atomic E-state index is 12.1. The SMILES string of the molecule is Cc1ccc(NC(=O)CCCCC(=O)O)cc1N1CCCS1(=O)=O. The van der Waals surface area contributed by atoms with Gasteiger partial charge in [0.05, 0.1) is 11.4 Å². The second kappa shape index (κ2) is 7.65.